The zero-order chi connectivity index (χ0) is 31.7. The van der Waals surface area contributed by atoms with E-state index in [0.717, 1.165) is 36.4 Å². The first kappa shape index (κ1) is 32.2. The number of amides is 1. The molecule has 0 aliphatic carbocycles. The minimum atomic E-state index is -4.13. The number of anilines is 1. The summed E-state index contributed by atoms with van der Waals surface area (Å²) in [7, 11) is -4.13. The molecule has 44 heavy (non-hydrogen) atoms. The van der Waals surface area contributed by atoms with E-state index >= 15 is 0 Å². The van der Waals surface area contributed by atoms with Crippen molar-refractivity contribution in [2.24, 2.45) is 0 Å². The van der Waals surface area contributed by atoms with Crippen LogP contribution in [0, 0.1) is 23.0 Å². The number of nitrogens with one attached hydrogen (secondary N) is 3. The lowest BCUT2D eigenvalue weighted by Crippen LogP contribution is -2.48. The van der Waals surface area contributed by atoms with Crippen LogP contribution in [0.3, 0.4) is 0 Å². The van der Waals surface area contributed by atoms with Crippen LogP contribution in [-0.4, -0.2) is 43.1 Å². The molecule has 0 aliphatic heterocycles. The highest BCUT2D eigenvalue weighted by Crippen LogP contribution is 2.18. The van der Waals surface area contributed by atoms with Crippen molar-refractivity contribution in [1.82, 2.24) is 15.6 Å². The van der Waals surface area contributed by atoms with E-state index in [2.05, 4.69) is 27.3 Å². The Morgan fingerprint density at radius 3 is 2.39 bits per heavy atom. The number of aliphatic hydroxyl groups is 1. The van der Waals surface area contributed by atoms with Gasteiger partial charge < -0.3 is 15.7 Å². The van der Waals surface area contributed by atoms with Crippen molar-refractivity contribution in [1.29, 1.82) is 5.26 Å². The summed E-state index contributed by atoms with van der Waals surface area (Å²) in [4.78, 5) is 17.1. The van der Waals surface area contributed by atoms with E-state index in [9.17, 15) is 27.1 Å². The molecule has 0 unspecified atom stereocenters. The summed E-state index contributed by atoms with van der Waals surface area (Å²) < 4.78 is 55.8. The monoisotopic (exact) mass is 619 g/mol. The van der Waals surface area contributed by atoms with Gasteiger partial charge in [0.2, 0.25) is 0 Å². The topological polar surface area (TPSA) is 144 Å². The van der Waals surface area contributed by atoms with Gasteiger partial charge in [-0.3, -0.25) is 9.52 Å². The van der Waals surface area contributed by atoms with Gasteiger partial charge in [-0.15, -0.1) is 0 Å². The fourth-order valence-corrected chi connectivity index (χ4v) is 5.50. The number of aromatic nitrogens is 1. The highest BCUT2D eigenvalue weighted by molar-refractivity contribution is 7.92. The average molecular weight is 620 g/mol. The molecule has 0 spiro atoms. The molecule has 2 atom stereocenters. The number of sulfonamides is 1. The van der Waals surface area contributed by atoms with Gasteiger partial charge in [-0.1, -0.05) is 37.3 Å². The number of aryl methyl sites for hydroxylation is 1. The smallest absolute Gasteiger partial charge is 0.279 e. The van der Waals surface area contributed by atoms with Gasteiger partial charge in [0.15, 0.2) is 5.03 Å². The third kappa shape index (κ3) is 8.90. The van der Waals surface area contributed by atoms with Crippen LogP contribution in [0.25, 0.3) is 0 Å². The Morgan fingerprint density at radius 1 is 0.977 bits per heavy atom. The van der Waals surface area contributed by atoms with Gasteiger partial charge in [-0.25, -0.2) is 13.8 Å². The second-order valence-electron chi connectivity index (χ2n) is 10.1. The lowest BCUT2D eigenvalue weighted by Gasteiger charge is -2.25. The van der Waals surface area contributed by atoms with Crippen molar-refractivity contribution in [2.75, 3.05) is 11.3 Å². The molecule has 9 nitrogen and oxygen atoms in total. The zero-order valence-electron chi connectivity index (χ0n) is 23.8. The van der Waals surface area contributed by atoms with Crippen LogP contribution in [0.5, 0.6) is 0 Å². The highest BCUT2D eigenvalue weighted by Gasteiger charge is 2.24. The number of benzene rings is 3. The Morgan fingerprint density at radius 2 is 1.70 bits per heavy atom. The van der Waals surface area contributed by atoms with Gasteiger partial charge >= 0.3 is 0 Å². The lowest BCUT2D eigenvalue weighted by atomic mass is 10.00. The largest absolute Gasteiger partial charge is 0.390 e. The lowest BCUT2D eigenvalue weighted by molar-refractivity contribution is 0.0830. The maximum absolute atomic E-state index is 13.9. The van der Waals surface area contributed by atoms with E-state index in [1.165, 1.54) is 42.0 Å². The van der Waals surface area contributed by atoms with Crippen LogP contribution >= 0.6 is 0 Å². The summed E-state index contributed by atoms with van der Waals surface area (Å²) in [5.41, 5.74) is 2.76. The van der Waals surface area contributed by atoms with Crippen molar-refractivity contribution >= 4 is 21.6 Å². The number of halogens is 2. The fourth-order valence-electron chi connectivity index (χ4n) is 4.52. The molecule has 3 aromatic carbocycles. The molecule has 0 saturated carbocycles. The number of carbonyl (C=O) groups is 1. The van der Waals surface area contributed by atoms with E-state index in [1.807, 2.05) is 30.3 Å². The van der Waals surface area contributed by atoms with E-state index < -0.39 is 39.7 Å². The molecular weight excluding hydrogens is 588 g/mol. The number of rotatable bonds is 13. The minimum absolute atomic E-state index is 0.0660. The Labute approximate surface area is 254 Å². The Balaban J connectivity index is 1.49. The Bertz CT molecular complexity index is 1740. The van der Waals surface area contributed by atoms with Crippen LogP contribution in [-0.2, 0) is 29.4 Å². The molecule has 12 heteroatoms. The molecule has 1 amide bonds. The van der Waals surface area contributed by atoms with Crippen LogP contribution in [0.1, 0.15) is 39.5 Å². The van der Waals surface area contributed by atoms with Crippen molar-refractivity contribution in [3.63, 3.8) is 0 Å². The maximum Gasteiger partial charge on any atom is 0.279 e. The minimum Gasteiger partial charge on any atom is -0.390 e. The second-order valence-corrected chi connectivity index (χ2v) is 11.7. The molecule has 1 aromatic heterocycles. The van der Waals surface area contributed by atoms with Crippen molar-refractivity contribution in [3.05, 3.63) is 125 Å². The van der Waals surface area contributed by atoms with E-state index in [1.54, 1.807) is 0 Å². The third-order valence-corrected chi connectivity index (χ3v) is 8.06. The standard InChI is InChI=1S/C32H31F2N5O4S/c1-2-21-5-3-6-22(11-21)18-36-20-30(40)29(14-24-12-26(33)16-27(34)13-24)38-32(41)25-7-4-8-28(15-25)39-44(42,43)31-10-9-23(17-35)19-37-31/h3-13,15-16,19,29-30,36,39-40H,2,14,18,20H2,1H3,(H,38,41)/t29-,30+/m0/s1. The van der Waals surface area contributed by atoms with Crippen molar-refractivity contribution in [3.8, 4) is 6.07 Å². The predicted molar refractivity (Wildman–Crippen MR) is 161 cm³/mol. The number of nitrogens with zero attached hydrogens (tertiary/aromatic N) is 2. The van der Waals surface area contributed by atoms with Crippen LogP contribution in [0.4, 0.5) is 14.5 Å². The summed E-state index contributed by atoms with van der Waals surface area (Å²) in [6, 6.07) is 20.0. The molecule has 4 N–H and O–H groups in total. The van der Waals surface area contributed by atoms with Gasteiger partial charge in [-0.05, 0) is 72.0 Å². The SMILES string of the molecule is CCc1cccc(CNC[C@@H](O)[C@H](Cc2cc(F)cc(F)c2)NC(=O)c2cccc(NS(=O)(=O)c3ccc(C#N)cn3)c2)c1. The van der Waals surface area contributed by atoms with E-state index in [4.69, 9.17) is 5.26 Å². The average Bonchev–Trinajstić information content (AvgIpc) is 3.00. The number of hydrogen-bond acceptors (Lipinski definition) is 7. The first-order valence-corrected chi connectivity index (χ1v) is 15.3. The third-order valence-electron chi connectivity index (χ3n) is 6.76. The Kier molecular flexibility index (Phi) is 10.7. The van der Waals surface area contributed by atoms with E-state index in [-0.39, 0.29) is 40.4 Å². The number of hydrogen-bond donors (Lipinski definition) is 4. The highest BCUT2D eigenvalue weighted by atomic mass is 32.2. The quantitative estimate of drug-likeness (QED) is 0.177. The number of aliphatic hydroxyl groups excluding tert-OH is 1. The summed E-state index contributed by atoms with van der Waals surface area (Å²) in [5.74, 6) is -2.21. The maximum atomic E-state index is 13.9. The summed E-state index contributed by atoms with van der Waals surface area (Å²) in [5, 5.41) is 25.6. The van der Waals surface area contributed by atoms with Crippen LogP contribution in [0.2, 0.25) is 0 Å². The van der Waals surface area contributed by atoms with Gasteiger partial charge in [0, 0.05) is 36.6 Å². The summed E-state index contributed by atoms with van der Waals surface area (Å²) >= 11 is 0. The second kappa shape index (κ2) is 14.7. The van der Waals surface area contributed by atoms with Crippen molar-refractivity contribution in [2.45, 2.75) is 43.5 Å². The number of nitriles is 1. The molecular formula is C32H31F2N5O4S. The first-order chi connectivity index (χ1) is 21.1. The normalized spacial score (nSPS) is 12.6. The molecule has 1 heterocycles. The predicted octanol–water partition coefficient (Wildman–Crippen LogP) is 4.09. The van der Waals surface area contributed by atoms with Crippen LogP contribution < -0.4 is 15.4 Å². The molecule has 0 fully saturated rings. The number of pyridine rings is 1. The molecule has 4 rings (SSSR count). The summed E-state index contributed by atoms with van der Waals surface area (Å²) in [6.45, 7) is 2.57. The van der Waals surface area contributed by atoms with Gasteiger partial charge in [-0.2, -0.15) is 13.7 Å². The van der Waals surface area contributed by atoms with Crippen molar-refractivity contribution < 1.29 is 27.1 Å². The summed E-state index contributed by atoms with van der Waals surface area (Å²) in [6.07, 6.45) is 0.782. The number of carbonyl (C=O) groups excluding carboxylic acids is 1. The molecule has 228 valence electrons. The molecule has 4 aromatic rings. The fraction of sp³-hybridized carbons (Fsp3) is 0.219. The van der Waals surface area contributed by atoms with E-state index in [0.29, 0.717) is 6.54 Å². The first-order valence-electron chi connectivity index (χ1n) is 13.8. The Hall–Kier alpha value is -4.70. The van der Waals surface area contributed by atoms with Gasteiger partial charge in [0.05, 0.1) is 17.7 Å². The molecule has 0 bridgehead atoms. The van der Waals surface area contributed by atoms with Crippen LogP contribution in [0.15, 0.2) is 90.1 Å². The molecule has 0 radical (unpaired) electrons. The van der Waals surface area contributed by atoms with Gasteiger partial charge in [0.25, 0.3) is 15.9 Å². The zero-order valence-corrected chi connectivity index (χ0v) is 24.6. The van der Waals surface area contributed by atoms with Gasteiger partial charge in [0.1, 0.15) is 17.7 Å². The molecule has 0 saturated heterocycles. The molecule has 0 aliphatic rings.